The van der Waals surface area contributed by atoms with Crippen molar-refractivity contribution in [1.82, 2.24) is 14.4 Å². The van der Waals surface area contributed by atoms with Gasteiger partial charge in [-0.15, -0.1) is 0 Å². The number of amides is 2. The summed E-state index contributed by atoms with van der Waals surface area (Å²) in [5, 5.41) is 1.17. The zero-order valence-electron chi connectivity index (χ0n) is 16.4. The highest BCUT2D eigenvalue weighted by atomic mass is 16.2. The first-order valence-electron chi connectivity index (χ1n) is 10.2. The Balaban J connectivity index is 1.40. The average molecular weight is 367 g/mol. The number of aryl methyl sites for hydroxylation is 1. The molecule has 2 amide bonds. The van der Waals surface area contributed by atoms with Crippen LogP contribution in [0.3, 0.4) is 0 Å². The number of hydrogen-bond donors (Lipinski definition) is 0. The van der Waals surface area contributed by atoms with Gasteiger partial charge in [0.05, 0.1) is 6.42 Å². The molecule has 0 bridgehead atoms. The molecule has 5 heteroatoms. The van der Waals surface area contributed by atoms with Gasteiger partial charge in [-0.3, -0.25) is 9.59 Å². The number of benzene rings is 1. The van der Waals surface area contributed by atoms with Crippen molar-refractivity contribution >= 4 is 22.7 Å². The van der Waals surface area contributed by atoms with Gasteiger partial charge in [-0.05, 0) is 31.4 Å². The Labute approximate surface area is 160 Å². The molecule has 1 aliphatic carbocycles. The van der Waals surface area contributed by atoms with Gasteiger partial charge in [0.15, 0.2) is 0 Å². The van der Waals surface area contributed by atoms with Crippen LogP contribution < -0.4 is 0 Å². The summed E-state index contributed by atoms with van der Waals surface area (Å²) in [4.78, 5) is 29.4. The predicted molar refractivity (Wildman–Crippen MR) is 106 cm³/mol. The topological polar surface area (TPSA) is 45.6 Å². The van der Waals surface area contributed by atoms with Crippen LogP contribution in [0.15, 0.2) is 24.3 Å². The molecule has 1 aliphatic heterocycles. The van der Waals surface area contributed by atoms with E-state index in [4.69, 9.17) is 0 Å². The molecular weight excluding hydrogens is 338 g/mol. The molecule has 2 aliphatic rings. The van der Waals surface area contributed by atoms with Gasteiger partial charge in [-0.2, -0.15) is 0 Å². The maximum atomic E-state index is 12.9. The van der Waals surface area contributed by atoms with Crippen LogP contribution >= 0.6 is 0 Å². The van der Waals surface area contributed by atoms with Crippen LogP contribution in [0.2, 0.25) is 0 Å². The Kier molecular flexibility index (Phi) is 4.94. The van der Waals surface area contributed by atoms with E-state index in [1.807, 2.05) is 21.9 Å². The Morgan fingerprint density at radius 2 is 1.63 bits per heavy atom. The summed E-state index contributed by atoms with van der Waals surface area (Å²) in [6.07, 6.45) is 4.87. The lowest BCUT2D eigenvalue weighted by Crippen LogP contribution is -2.52. The number of piperazine rings is 1. The molecule has 1 aromatic heterocycles. The highest BCUT2D eigenvalue weighted by molar-refractivity contribution is 5.90. The third-order valence-electron chi connectivity index (χ3n) is 6.51. The van der Waals surface area contributed by atoms with Crippen LogP contribution in [0.1, 0.15) is 36.9 Å². The quantitative estimate of drug-likeness (QED) is 0.837. The van der Waals surface area contributed by atoms with Crippen molar-refractivity contribution in [1.29, 1.82) is 0 Å². The van der Waals surface area contributed by atoms with Crippen molar-refractivity contribution in [3.63, 3.8) is 0 Å². The Morgan fingerprint density at radius 1 is 1.00 bits per heavy atom. The van der Waals surface area contributed by atoms with Gasteiger partial charge in [-0.1, -0.05) is 31.0 Å². The maximum absolute atomic E-state index is 12.9. The second kappa shape index (κ2) is 7.37. The lowest BCUT2D eigenvalue weighted by Gasteiger charge is -2.36. The summed E-state index contributed by atoms with van der Waals surface area (Å²) < 4.78 is 2.16. The molecule has 1 aromatic carbocycles. The molecule has 5 nitrogen and oxygen atoms in total. The van der Waals surface area contributed by atoms with Gasteiger partial charge >= 0.3 is 0 Å². The van der Waals surface area contributed by atoms with E-state index in [1.54, 1.807) is 0 Å². The van der Waals surface area contributed by atoms with Gasteiger partial charge in [0.2, 0.25) is 11.8 Å². The molecular formula is C22H29N3O2. The van der Waals surface area contributed by atoms with Gasteiger partial charge in [0, 0.05) is 55.7 Å². The first-order valence-corrected chi connectivity index (χ1v) is 10.2. The Morgan fingerprint density at radius 3 is 2.33 bits per heavy atom. The number of hydrogen-bond acceptors (Lipinski definition) is 2. The van der Waals surface area contributed by atoms with E-state index in [9.17, 15) is 9.59 Å². The molecule has 144 valence electrons. The minimum absolute atomic E-state index is 0.169. The number of carbonyl (C=O) groups excluding carboxylic acids is 2. The van der Waals surface area contributed by atoms with Crippen molar-refractivity contribution in [3.8, 4) is 0 Å². The van der Waals surface area contributed by atoms with Crippen molar-refractivity contribution < 1.29 is 9.59 Å². The molecule has 0 unspecified atom stereocenters. The van der Waals surface area contributed by atoms with E-state index in [-0.39, 0.29) is 11.8 Å². The third-order valence-corrected chi connectivity index (χ3v) is 6.51. The van der Waals surface area contributed by atoms with Crippen LogP contribution in [-0.4, -0.2) is 52.4 Å². The lowest BCUT2D eigenvalue weighted by molar-refractivity contribution is -0.141. The largest absolute Gasteiger partial charge is 0.348 e. The summed E-state index contributed by atoms with van der Waals surface area (Å²) in [6.45, 7) is 4.74. The number of para-hydroxylation sites is 1. The maximum Gasteiger partial charge on any atom is 0.227 e. The van der Waals surface area contributed by atoms with Crippen molar-refractivity contribution in [2.45, 2.75) is 39.0 Å². The van der Waals surface area contributed by atoms with Gasteiger partial charge < -0.3 is 14.4 Å². The zero-order chi connectivity index (χ0) is 19.0. The summed E-state index contributed by atoms with van der Waals surface area (Å²) in [5.41, 5.74) is 3.45. The predicted octanol–water partition coefficient (Wildman–Crippen LogP) is 2.89. The fourth-order valence-corrected chi connectivity index (χ4v) is 4.69. The second-order valence-corrected chi connectivity index (χ2v) is 8.00. The average Bonchev–Trinajstić information content (AvgIpc) is 3.32. The summed E-state index contributed by atoms with van der Waals surface area (Å²) in [6, 6.07) is 8.27. The van der Waals surface area contributed by atoms with Crippen molar-refractivity contribution in [3.05, 3.63) is 35.5 Å². The molecule has 1 saturated heterocycles. The number of aromatic nitrogens is 1. The van der Waals surface area contributed by atoms with Crippen LogP contribution in [-0.2, 0) is 23.1 Å². The Hall–Kier alpha value is -2.30. The van der Waals surface area contributed by atoms with Crippen LogP contribution in [0.5, 0.6) is 0 Å². The Bertz CT molecular complexity index is 856. The number of rotatable bonds is 3. The fraction of sp³-hybridized carbons (Fsp3) is 0.545. The van der Waals surface area contributed by atoms with Crippen molar-refractivity contribution in [2.24, 2.45) is 13.0 Å². The summed E-state index contributed by atoms with van der Waals surface area (Å²) in [5.74, 6) is 0.706. The molecule has 0 atom stereocenters. The third kappa shape index (κ3) is 3.35. The SMILES string of the molecule is Cc1c(CC(=O)N2CCN(C(=O)C3CCCC3)CC2)c2ccccc2n1C. The summed E-state index contributed by atoms with van der Waals surface area (Å²) in [7, 11) is 2.05. The van der Waals surface area contributed by atoms with Gasteiger partial charge in [0.25, 0.3) is 0 Å². The minimum atomic E-state index is 0.169. The molecule has 0 spiro atoms. The molecule has 2 heterocycles. The molecule has 0 radical (unpaired) electrons. The molecule has 27 heavy (non-hydrogen) atoms. The first-order chi connectivity index (χ1) is 13.1. The normalized spacial score (nSPS) is 18.4. The fourth-order valence-electron chi connectivity index (χ4n) is 4.69. The smallest absolute Gasteiger partial charge is 0.227 e. The zero-order valence-corrected chi connectivity index (χ0v) is 16.4. The summed E-state index contributed by atoms with van der Waals surface area (Å²) >= 11 is 0. The van der Waals surface area contributed by atoms with E-state index in [2.05, 4.69) is 30.7 Å². The highest BCUT2D eigenvalue weighted by Crippen LogP contribution is 2.28. The van der Waals surface area contributed by atoms with Crippen LogP contribution in [0, 0.1) is 12.8 Å². The number of fused-ring (bicyclic) bond motifs is 1. The molecule has 2 aromatic rings. The lowest BCUT2D eigenvalue weighted by atomic mass is 10.1. The van der Waals surface area contributed by atoms with Gasteiger partial charge in [0.1, 0.15) is 0 Å². The monoisotopic (exact) mass is 367 g/mol. The van der Waals surface area contributed by atoms with E-state index in [0.29, 0.717) is 38.5 Å². The minimum Gasteiger partial charge on any atom is -0.348 e. The molecule has 0 N–H and O–H groups in total. The second-order valence-electron chi connectivity index (χ2n) is 8.00. The van der Waals surface area contributed by atoms with Crippen molar-refractivity contribution in [2.75, 3.05) is 26.2 Å². The standard InChI is InChI=1S/C22H29N3O2/c1-16-19(18-9-5-6-10-20(18)23(16)2)15-21(26)24-11-13-25(14-12-24)22(27)17-7-3-4-8-17/h5-6,9-10,17H,3-4,7-8,11-15H2,1-2H3. The van der Waals surface area contributed by atoms with Gasteiger partial charge in [-0.25, -0.2) is 0 Å². The number of nitrogens with zero attached hydrogens (tertiary/aromatic N) is 3. The van der Waals surface area contributed by atoms with E-state index >= 15 is 0 Å². The van der Waals surface area contributed by atoms with E-state index < -0.39 is 0 Å². The van der Waals surface area contributed by atoms with E-state index in [0.717, 1.165) is 24.1 Å². The molecule has 1 saturated carbocycles. The molecule has 2 fully saturated rings. The molecule has 4 rings (SSSR count). The van der Waals surface area contributed by atoms with Crippen LogP contribution in [0.4, 0.5) is 0 Å². The van der Waals surface area contributed by atoms with E-state index in [1.165, 1.54) is 23.7 Å². The number of carbonyl (C=O) groups is 2. The van der Waals surface area contributed by atoms with Crippen LogP contribution in [0.25, 0.3) is 10.9 Å². The highest BCUT2D eigenvalue weighted by Gasteiger charge is 2.30. The first kappa shape index (κ1) is 18.1.